The van der Waals surface area contributed by atoms with E-state index in [-0.39, 0.29) is 28.0 Å². The average Bonchev–Trinajstić information content (AvgIpc) is 3.06. The van der Waals surface area contributed by atoms with E-state index < -0.39 is 10.0 Å². The Labute approximate surface area is 182 Å². The lowest BCUT2D eigenvalue weighted by Crippen LogP contribution is -2.35. The molecule has 0 bridgehead atoms. The van der Waals surface area contributed by atoms with Crippen LogP contribution in [0, 0.1) is 27.7 Å². The zero-order valence-corrected chi connectivity index (χ0v) is 19.1. The number of likely N-dealkylation sites (tertiary alicyclic amines) is 1. The van der Waals surface area contributed by atoms with Gasteiger partial charge in [0.2, 0.25) is 0 Å². The lowest BCUT2D eigenvalue weighted by Gasteiger charge is -2.25. The highest BCUT2D eigenvalue weighted by Crippen LogP contribution is 2.36. The van der Waals surface area contributed by atoms with Crippen LogP contribution in [-0.2, 0) is 10.0 Å². The Hall–Kier alpha value is -2.87. The number of aryl methyl sites for hydroxylation is 3. The Balaban J connectivity index is 1.83. The largest absolute Gasteiger partial charge is 0.449 e. The summed E-state index contributed by atoms with van der Waals surface area (Å²) in [7, 11) is -3.99. The van der Waals surface area contributed by atoms with Crippen molar-refractivity contribution in [2.45, 2.75) is 51.9 Å². The first-order valence-electron chi connectivity index (χ1n) is 10.5. The number of hydrogen-bond donors (Lipinski definition) is 1. The van der Waals surface area contributed by atoms with E-state index in [9.17, 15) is 13.2 Å². The van der Waals surface area contributed by atoms with Gasteiger partial charge in [0.25, 0.3) is 15.9 Å². The van der Waals surface area contributed by atoms with Gasteiger partial charge in [0.1, 0.15) is 10.7 Å². The zero-order valence-electron chi connectivity index (χ0n) is 18.3. The van der Waals surface area contributed by atoms with Gasteiger partial charge in [0.15, 0.2) is 11.3 Å². The maximum atomic E-state index is 13.4. The predicted octanol–water partition coefficient (Wildman–Crippen LogP) is 4.49. The molecule has 0 radical (unpaired) electrons. The van der Waals surface area contributed by atoms with Gasteiger partial charge in [0, 0.05) is 30.2 Å². The average molecular weight is 442 g/mol. The minimum atomic E-state index is -3.99. The number of amides is 1. The molecule has 0 unspecified atom stereocenters. The smallest absolute Gasteiger partial charge is 0.289 e. The van der Waals surface area contributed by atoms with Gasteiger partial charge < -0.3 is 9.32 Å². The number of benzene rings is 1. The number of carbonyl (C=O) groups excluding carboxylic acids is 1. The Morgan fingerprint density at radius 1 is 1.06 bits per heavy atom. The van der Waals surface area contributed by atoms with Gasteiger partial charge >= 0.3 is 0 Å². The molecule has 1 aliphatic rings. The maximum absolute atomic E-state index is 13.4. The number of sulfonamides is 1. The Morgan fingerprint density at radius 2 is 1.77 bits per heavy atom. The van der Waals surface area contributed by atoms with Crippen LogP contribution in [0.25, 0.3) is 11.0 Å². The van der Waals surface area contributed by atoms with Crippen LogP contribution in [-0.4, -0.2) is 37.3 Å². The van der Waals surface area contributed by atoms with E-state index in [1.807, 2.05) is 26.8 Å². The third kappa shape index (κ3) is 3.92. The second-order valence-electron chi connectivity index (χ2n) is 8.26. The first kappa shape index (κ1) is 21.4. The Bertz CT molecular complexity index is 1250. The summed E-state index contributed by atoms with van der Waals surface area (Å²) in [6.07, 6.45) is 4.65. The third-order valence-electron chi connectivity index (χ3n) is 5.95. The van der Waals surface area contributed by atoms with Gasteiger partial charge in [-0.3, -0.25) is 9.52 Å². The van der Waals surface area contributed by atoms with Gasteiger partial charge in [-0.2, -0.15) is 0 Å². The fraction of sp³-hybridized carbons (Fsp3) is 0.391. The normalized spacial score (nSPS) is 14.8. The molecular formula is C23H27N3O4S. The SMILES string of the molecule is Cc1ccc(NS(=O)(=O)c2c(C)c(C)cc3c(C)c(C(=O)N4CCCCC4)oc23)nc1. The monoisotopic (exact) mass is 441 g/mol. The number of carbonyl (C=O) groups is 1. The van der Waals surface area contributed by atoms with E-state index in [1.54, 1.807) is 30.2 Å². The van der Waals surface area contributed by atoms with Crippen LogP contribution in [0.3, 0.4) is 0 Å². The van der Waals surface area contributed by atoms with Crippen LogP contribution < -0.4 is 4.72 Å². The van der Waals surface area contributed by atoms with Crippen molar-refractivity contribution in [2.24, 2.45) is 0 Å². The molecule has 31 heavy (non-hydrogen) atoms. The molecule has 4 rings (SSSR count). The highest BCUT2D eigenvalue weighted by Gasteiger charge is 2.30. The summed E-state index contributed by atoms with van der Waals surface area (Å²) in [4.78, 5) is 19.1. The summed E-state index contributed by atoms with van der Waals surface area (Å²) in [5.41, 5.74) is 3.20. The van der Waals surface area contributed by atoms with Crippen LogP contribution in [0.2, 0.25) is 0 Å². The molecule has 0 atom stereocenters. The number of hydrogen-bond acceptors (Lipinski definition) is 5. The fourth-order valence-corrected chi connectivity index (χ4v) is 5.49. The van der Waals surface area contributed by atoms with E-state index >= 15 is 0 Å². The predicted molar refractivity (Wildman–Crippen MR) is 120 cm³/mol. The number of aromatic nitrogens is 1. The Morgan fingerprint density at radius 3 is 2.42 bits per heavy atom. The molecule has 1 fully saturated rings. The van der Waals surface area contributed by atoms with Gasteiger partial charge in [-0.25, -0.2) is 13.4 Å². The first-order valence-corrected chi connectivity index (χ1v) is 12.0. The summed E-state index contributed by atoms with van der Waals surface area (Å²) < 4.78 is 35.3. The summed E-state index contributed by atoms with van der Waals surface area (Å²) in [5.74, 6) is 0.263. The van der Waals surface area contributed by atoms with Gasteiger partial charge in [-0.05, 0) is 75.8 Å². The van der Waals surface area contributed by atoms with Crippen molar-refractivity contribution >= 4 is 32.7 Å². The molecule has 2 aromatic heterocycles. The quantitative estimate of drug-likeness (QED) is 0.644. The maximum Gasteiger partial charge on any atom is 0.289 e. The summed E-state index contributed by atoms with van der Waals surface area (Å²) in [5, 5.41) is 0.640. The fourth-order valence-electron chi connectivity index (χ4n) is 4.03. The van der Waals surface area contributed by atoms with Crippen molar-refractivity contribution in [1.82, 2.24) is 9.88 Å². The number of nitrogens with one attached hydrogen (secondary N) is 1. The second kappa shape index (κ2) is 8.00. The molecule has 8 heteroatoms. The molecule has 0 saturated carbocycles. The molecule has 0 aliphatic carbocycles. The van der Waals surface area contributed by atoms with Crippen molar-refractivity contribution in [3.05, 3.63) is 52.4 Å². The highest BCUT2D eigenvalue weighted by molar-refractivity contribution is 7.93. The third-order valence-corrected chi connectivity index (χ3v) is 7.46. The number of furan rings is 1. The van der Waals surface area contributed by atoms with Crippen molar-refractivity contribution in [3.8, 4) is 0 Å². The minimum absolute atomic E-state index is 0.0469. The zero-order chi connectivity index (χ0) is 22.3. The molecular weight excluding hydrogens is 414 g/mol. The van der Waals surface area contributed by atoms with E-state index in [2.05, 4.69) is 9.71 Å². The number of piperidine rings is 1. The van der Waals surface area contributed by atoms with Crippen molar-refractivity contribution in [2.75, 3.05) is 17.8 Å². The molecule has 1 N–H and O–H groups in total. The van der Waals surface area contributed by atoms with Gasteiger partial charge in [0.05, 0.1) is 0 Å². The molecule has 1 amide bonds. The van der Waals surface area contributed by atoms with Crippen LogP contribution in [0.15, 0.2) is 33.7 Å². The van der Waals surface area contributed by atoms with Gasteiger partial charge in [-0.1, -0.05) is 6.07 Å². The van der Waals surface area contributed by atoms with E-state index in [1.165, 1.54) is 0 Å². The minimum Gasteiger partial charge on any atom is -0.449 e. The number of rotatable bonds is 4. The highest BCUT2D eigenvalue weighted by atomic mass is 32.2. The number of fused-ring (bicyclic) bond motifs is 1. The summed E-state index contributed by atoms with van der Waals surface area (Å²) in [6, 6.07) is 5.30. The van der Waals surface area contributed by atoms with Crippen LogP contribution in [0.1, 0.15) is 52.1 Å². The summed E-state index contributed by atoms with van der Waals surface area (Å²) >= 11 is 0. The van der Waals surface area contributed by atoms with E-state index in [0.29, 0.717) is 29.6 Å². The van der Waals surface area contributed by atoms with Crippen LogP contribution >= 0.6 is 0 Å². The van der Waals surface area contributed by atoms with Crippen molar-refractivity contribution < 1.29 is 17.6 Å². The number of pyridine rings is 1. The van der Waals surface area contributed by atoms with Gasteiger partial charge in [-0.15, -0.1) is 0 Å². The molecule has 1 saturated heterocycles. The van der Waals surface area contributed by atoms with Crippen LogP contribution in [0.4, 0.5) is 5.82 Å². The second-order valence-corrected chi connectivity index (χ2v) is 9.88. The van der Waals surface area contributed by atoms with Crippen molar-refractivity contribution in [3.63, 3.8) is 0 Å². The molecule has 164 valence electrons. The molecule has 1 aromatic carbocycles. The molecule has 3 heterocycles. The topological polar surface area (TPSA) is 92.5 Å². The van der Waals surface area contributed by atoms with Crippen LogP contribution in [0.5, 0.6) is 0 Å². The van der Waals surface area contributed by atoms with E-state index in [4.69, 9.17) is 4.42 Å². The lowest BCUT2D eigenvalue weighted by atomic mass is 10.0. The lowest BCUT2D eigenvalue weighted by molar-refractivity contribution is 0.0693. The Kier molecular flexibility index (Phi) is 5.51. The molecule has 3 aromatic rings. The molecule has 1 aliphatic heterocycles. The summed E-state index contributed by atoms with van der Waals surface area (Å²) in [6.45, 7) is 8.68. The molecule has 7 nitrogen and oxygen atoms in total. The first-order chi connectivity index (χ1) is 14.7. The molecule has 0 spiro atoms. The number of nitrogens with zero attached hydrogens (tertiary/aromatic N) is 2. The van der Waals surface area contributed by atoms with Crippen molar-refractivity contribution in [1.29, 1.82) is 0 Å². The number of anilines is 1. The standard InChI is InChI=1S/C23H27N3O4S/c1-14-8-9-19(24-13-14)25-31(28,29)22-16(3)15(2)12-18-17(4)20(30-21(18)22)23(27)26-10-6-5-7-11-26/h8-9,12-13H,5-7,10-11H2,1-4H3,(H,24,25). The van der Waals surface area contributed by atoms with E-state index in [0.717, 1.165) is 30.4 Å².